The second kappa shape index (κ2) is 10.6. The summed E-state index contributed by atoms with van der Waals surface area (Å²) in [6, 6.07) is 14.3. The number of thiophene rings is 1. The molecule has 3 aromatic rings. The molecule has 0 aliphatic rings. The van der Waals surface area contributed by atoms with E-state index in [2.05, 4.69) is 10.6 Å². The predicted molar refractivity (Wildman–Crippen MR) is 125 cm³/mol. The van der Waals surface area contributed by atoms with E-state index >= 15 is 0 Å². The van der Waals surface area contributed by atoms with Crippen molar-refractivity contribution >= 4 is 34.5 Å². The first-order valence-corrected chi connectivity index (χ1v) is 11.1. The van der Waals surface area contributed by atoms with Crippen molar-refractivity contribution in [2.75, 3.05) is 23.8 Å². The molecule has 2 amide bonds. The fourth-order valence-electron chi connectivity index (χ4n) is 3.08. The van der Waals surface area contributed by atoms with Gasteiger partial charge in [0.1, 0.15) is 11.5 Å². The molecule has 0 saturated heterocycles. The number of hydrogen-bond donors (Lipinski definition) is 2. The number of rotatable bonds is 9. The van der Waals surface area contributed by atoms with Crippen LogP contribution in [0.3, 0.4) is 0 Å². The Morgan fingerprint density at radius 1 is 0.839 bits per heavy atom. The minimum absolute atomic E-state index is 0.198. The van der Waals surface area contributed by atoms with Gasteiger partial charge in [-0.2, -0.15) is 0 Å². The molecule has 162 valence electrons. The van der Waals surface area contributed by atoms with Gasteiger partial charge in [0.25, 0.3) is 11.8 Å². The van der Waals surface area contributed by atoms with Crippen molar-refractivity contribution in [1.82, 2.24) is 0 Å². The van der Waals surface area contributed by atoms with Gasteiger partial charge in [0.15, 0.2) is 0 Å². The normalized spacial score (nSPS) is 10.4. The summed E-state index contributed by atoms with van der Waals surface area (Å²) in [5.41, 5.74) is 2.49. The van der Waals surface area contributed by atoms with E-state index in [4.69, 9.17) is 9.47 Å². The molecule has 2 aromatic carbocycles. The smallest absolute Gasteiger partial charge is 0.266 e. The number of carbonyl (C=O) groups is 2. The van der Waals surface area contributed by atoms with E-state index in [9.17, 15) is 9.59 Å². The van der Waals surface area contributed by atoms with Gasteiger partial charge in [-0.15, -0.1) is 11.3 Å². The maximum Gasteiger partial charge on any atom is 0.266 e. The van der Waals surface area contributed by atoms with E-state index < -0.39 is 0 Å². The van der Waals surface area contributed by atoms with Gasteiger partial charge in [-0.25, -0.2) is 0 Å². The van der Waals surface area contributed by atoms with Gasteiger partial charge >= 0.3 is 0 Å². The van der Waals surface area contributed by atoms with Crippen LogP contribution in [0.5, 0.6) is 11.5 Å². The van der Waals surface area contributed by atoms with Crippen molar-refractivity contribution in [1.29, 1.82) is 0 Å². The van der Waals surface area contributed by atoms with Gasteiger partial charge in [-0.1, -0.05) is 25.1 Å². The molecule has 0 spiro atoms. The van der Waals surface area contributed by atoms with E-state index in [0.29, 0.717) is 46.5 Å². The van der Waals surface area contributed by atoms with E-state index in [-0.39, 0.29) is 11.8 Å². The molecule has 0 aliphatic heterocycles. The molecule has 0 saturated carbocycles. The molecule has 0 fully saturated rings. The fourth-order valence-corrected chi connectivity index (χ4v) is 3.97. The zero-order valence-electron chi connectivity index (χ0n) is 17.9. The zero-order chi connectivity index (χ0) is 22.2. The summed E-state index contributed by atoms with van der Waals surface area (Å²) in [6.07, 6.45) is 0.777. The number of amides is 2. The van der Waals surface area contributed by atoms with Crippen molar-refractivity contribution in [3.05, 3.63) is 69.9 Å². The first kappa shape index (κ1) is 22.4. The molecule has 0 bridgehead atoms. The largest absolute Gasteiger partial charge is 0.492 e. The highest BCUT2D eigenvalue weighted by molar-refractivity contribution is 7.12. The van der Waals surface area contributed by atoms with Gasteiger partial charge in [0.05, 0.1) is 29.5 Å². The number of hydrogen-bond acceptors (Lipinski definition) is 5. The lowest BCUT2D eigenvalue weighted by Gasteiger charge is -2.18. The molecule has 1 aromatic heterocycles. The summed E-state index contributed by atoms with van der Waals surface area (Å²) >= 11 is 1.40. The van der Waals surface area contributed by atoms with Crippen LogP contribution >= 0.6 is 11.3 Å². The van der Waals surface area contributed by atoms with Crippen molar-refractivity contribution in [2.24, 2.45) is 0 Å². The van der Waals surface area contributed by atoms with Crippen LogP contribution in [0.2, 0.25) is 0 Å². The molecule has 0 radical (unpaired) electrons. The van der Waals surface area contributed by atoms with Gasteiger partial charge in [-0.3, -0.25) is 9.59 Å². The molecule has 7 heteroatoms. The second-order valence-corrected chi connectivity index (χ2v) is 7.53. The van der Waals surface area contributed by atoms with E-state index in [1.54, 1.807) is 36.4 Å². The molecule has 1 heterocycles. The monoisotopic (exact) mass is 438 g/mol. The molecule has 0 atom stereocenters. The Balaban J connectivity index is 1.93. The van der Waals surface area contributed by atoms with Crippen LogP contribution in [0.25, 0.3) is 0 Å². The van der Waals surface area contributed by atoms with Gasteiger partial charge < -0.3 is 20.1 Å². The lowest BCUT2D eigenvalue weighted by molar-refractivity contribution is 0.101. The summed E-state index contributed by atoms with van der Waals surface area (Å²) in [6.45, 7) is 6.54. The van der Waals surface area contributed by atoms with Crippen molar-refractivity contribution in [3.8, 4) is 11.5 Å². The zero-order valence-corrected chi connectivity index (χ0v) is 18.7. The Morgan fingerprint density at radius 2 is 1.42 bits per heavy atom. The van der Waals surface area contributed by atoms with Crippen LogP contribution in [-0.4, -0.2) is 25.0 Å². The Kier molecular flexibility index (Phi) is 7.67. The van der Waals surface area contributed by atoms with Crippen LogP contribution in [0.1, 0.15) is 46.4 Å². The Labute approximate surface area is 186 Å². The van der Waals surface area contributed by atoms with Crippen molar-refractivity contribution in [2.45, 2.75) is 27.2 Å². The van der Waals surface area contributed by atoms with E-state index in [1.165, 1.54) is 11.3 Å². The lowest BCUT2D eigenvalue weighted by atomic mass is 10.1. The number of aryl methyl sites for hydroxylation is 1. The first-order chi connectivity index (χ1) is 15.1. The third-order valence-corrected chi connectivity index (χ3v) is 5.50. The molecule has 3 rings (SSSR count). The molecule has 6 nitrogen and oxygen atoms in total. The van der Waals surface area contributed by atoms with Gasteiger partial charge in [0, 0.05) is 17.7 Å². The van der Waals surface area contributed by atoms with Crippen molar-refractivity contribution < 1.29 is 19.1 Å². The Morgan fingerprint density at radius 3 is 1.97 bits per heavy atom. The molecular weight excluding hydrogens is 412 g/mol. The standard InChI is InChI=1S/C24H26N2O4S/c1-4-16-12-13-31-22(16)24(28)26-19-15-20(29-5-2)18(14-21(19)30-6-3)25-23(27)17-10-8-7-9-11-17/h7-15H,4-6H2,1-3H3,(H,25,27)(H,26,28). The van der Waals surface area contributed by atoms with E-state index in [1.807, 2.05) is 38.3 Å². The number of nitrogens with one attached hydrogen (secondary N) is 2. The predicted octanol–water partition coefficient (Wildman–Crippen LogP) is 5.61. The third-order valence-electron chi connectivity index (χ3n) is 4.55. The maximum atomic E-state index is 12.9. The summed E-state index contributed by atoms with van der Waals surface area (Å²) < 4.78 is 11.5. The van der Waals surface area contributed by atoms with Crippen molar-refractivity contribution in [3.63, 3.8) is 0 Å². The molecular formula is C24H26N2O4S. The minimum Gasteiger partial charge on any atom is -0.492 e. The first-order valence-electron chi connectivity index (χ1n) is 10.2. The Hall–Kier alpha value is -3.32. The topological polar surface area (TPSA) is 76.7 Å². The van der Waals surface area contributed by atoms with Crippen LogP contribution in [0.4, 0.5) is 11.4 Å². The number of ether oxygens (including phenoxy) is 2. The molecule has 31 heavy (non-hydrogen) atoms. The van der Waals surface area contributed by atoms with Crippen LogP contribution in [0, 0.1) is 0 Å². The molecule has 2 N–H and O–H groups in total. The molecule has 0 unspecified atom stereocenters. The summed E-state index contributed by atoms with van der Waals surface area (Å²) in [5, 5.41) is 7.73. The van der Waals surface area contributed by atoms with Crippen LogP contribution < -0.4 is 20.1 Å². The Bertz CT molecular complexity index is 1050. The highest BCUT2D eigenvalue weighted by Crippen LogP contribution is 2.37. The number of benzene rings is 2. The van der Waals surface area contributed by atoms with Crippen LogP contribution in [-0.2, 0) is 6.42 Å². The number of carbonyl (C=O) groups excluding carboxylic acids is 2. The SMILES string of the molecule is CCOc1cc(NC(=O)c2sccc2CC)c(OCC)cc1NC(=O)c1ccccc1. The van der Waals surface area contributed by atoms with E-state index in [0.717, 1.165) is 12.0 Å². The third kappa shape index (κ3) is 5.44. The average molecular weight is 439 g/mol. The highest BCUT2D eigenvalue weighted by atomic mass is 32.1. The van der Waals surface area contributed by atoms with Gasteiger partial charge in [-0.05, 0) is 49.4 Å². The lowest BCUT2D eigenvalue weighted by Crippen LogP contribution is -2.15. The second-order valence-electron chi connectivity index (χ2n) is 6.61. The summed E-state index contributed by atoms with van der Waals surface area (Å²) in [5.74, 6) is 0.452. The minimum atomic E-state index is -0.257. The van der Waals surface area contributed by atoms with Gasteiger partial charge in [0.2, 0.25) is 0 Å². The molecule has 0 aliphatic carbocycles. The summed E-state index contributed by atoms with van der Waals surface area (Å²) in [7, 11) is 0. The summed E-state index contributed by atoms with van der Waals surface area (Å²) in [4.78, 5) is 26.2. The average Bonchev–Trinajstić information content (AvgIpc) is 3.26. The number of anilines is 2. The highest BCUT2D eigenvalue weighted by Gasteiger charge is 2.19. The van der Waals surface area contributed by atoms with Crippen LogP contribution in [0.15, 0.2) is 53.9 Å². The maximum absolute atomic E-state index is 12.9. The quantitative estimate of drug-likeness (QED) is 0.455. The fraction of sp³-hybridized carbons (Fsp3) is 0.250.